The van der Waals surface area contributed by atoms with E-state index in [4.69, 9.17) is 20.7 Å². The van der Waals surface area contributed by atoms with E-state index in [1.807, 2.05) is 0 Å². The van der Waals surface area contributed by atoms with E-state index in [0.29, 0.717) is 23.5 Å². The zero-order valence-electron chi connectivity index (χ0n) is 13.1. The van der Waals surface area contributed by atoms with Gasteiger partial charge in [-0.3, -0.25) is 0 Å². The van der Waals surface area contributed by atoms with Gasteiger partial charge in [0.25, 0.3) is 0 Å². The summed E-state index contributed by atoms with van der Waals surface area (Å²) in [6, 6.07) is 8.38. The summed E-state index contributed by atoms with van der Waals surface area (Å²) in [5, 5.41) is 0. The zero-order chi connectivity index (χ0) is 17.9. The highest BCUT2D eigenvalue weighted by Gasteiger charge is 2.21. The van der Waals surface area contributed by atoms with Crippen molar-refractivity contribution in [3.8, 4) is 5.75 Å². The molecular formula is C14H17N6O4P. The molecule has 0 amide bonds. The van der Waals surface area contributed by atoms with Gasteiger partial charge in [0, 0.05) is 6.54 Å². The Balaban J connectivity index is 1.56. The van der Waals surface area contributed by atoms with E-state index >= 15 is 0 Å². The fraction of sp³-hybridized carbons (Fsp3) is 0.214. The Morgan fingerprint density at radius 1 is 1.20 bits per heavy atom. The molecule has 0 aliphatic carbocycles. The first kappa shape index (κ1) is 17.2. The van der Waals surface area contributed by atoms with Crippen LogP contribution >= 0.6 is 7.60 Å². The number of nitrogen functional groups attached to an aromatic ring is 2. The molecule has 132 valence electrons. The first-order chi connectivity index (χ1) is 11.9. The van der Waals surface area contributed by atoms with E-state index in [1.54, 1.807) is 34.9 Å². The van der Waals surface area contributed by atoms with Crippen molar-refractivity contribution in [2.45, 2.75) is 6.54 Å². The van der Waals surface area contributed by atoms with Crippen molar-refractivity contribution in [3.05, 3.63) is 36.7 Å². The van der Waals surface area contributed by atoms with Crippen molar-refractivity contribution in [1.29, 1.82) is 0 Å². The number of ether oxygens (including phenoxy) is 1. The van der Waals surface area contributed by atoms with Gasteiger partial charge in [0.1, 0.15) is 11.3 Å². The van der Waals surface area contributed by atoms with Gasteiger partial charge in [-0.25, -0.2) is 9.55 Å². The molecule has 0 saturated heterocycles. The molecule has 1 unspecified atom stereocenters. The van der Waals surface area contributed by atoms with Gasteiger partial charge < -0.3 is 30.2 Å². The Hall–Kier alpha value is -2.68. The summed E-state index contributed by atoms with van der Waals surface area (Å²) in [5.41, 5.74) is 12.2. The maximum Gasteiger partial charge on any atom is 0.402 e. The number of aromatic nitrogens is 4. The smallest absolute Gasteiger partial charge is 0.402 e. The highest BCUT2D eigenvalue weighted by molar-refractivity contribution is 7.53. The van der Waals surface area contributed by atoms with Crippen molar-refractivity contribution in [1.82, 2.24) is 19.5 Å². The summed E-state index contributed by atoms with van der Waals surface area (Å²) >= 11 is 0. The summed E-state index contributed by atoms with van der Waals surface area (Å²) < 4.78 is 24.0. The molecule has 2 aromatic heterocycles. The largest absolute Gasteiger partial charge is 0.423 e. The molecule has 2 heterocycles. The number of para-hydroxylation sites is 1. The first-order valence-corrected chi connectivity index (χ1v) is 9.09. The van der Waals surface area contributed by atoms with Crippen LogP contribution in [-0.2, 0) is 15.8 Å². The molecule has 25 heavy (non-hydrogen) atoms. The predicted molar refractivity (Wildman–Crippen MR) is 91.9 cm³/mol. The predicted octanol–water partition coefficient (Wildman–Crippen LogP) is 1.23. The second kappa shape index (κ2) is 7.06. The second-order valence-electron chi connectivity index (χ2n) is 5.16. The lowest BCUT2D eigenvalue weighted by atomic mass is 10.3. The number of nitrogens with two attached hydrogens (primary N) is 2. The third kappa shape index (κ3) is 4.24. The summed E-state index contributed by atoms with van der Waals surface area (Å²) in [6.07, 6.45) is 1.09. The van der Waals surface area contributed by atoms with E-state index in [9.17, 15) is 9.46 Å². The summed E-state index contributed by atoms with van der Waals surface area (Å²) in [5.74, 6) is 0.544. The number of fused-ring (bicyclic) bond motifs is 1. The molecular weight excluding hydrogens is 347 g/mol. The van der Waals surface area contributed by atoms with E-state index in [0.717, 1.165) is 0 Å². The molecule has 0 aliphatic heterocycles. The number of rotatable bonds is 7. The van der Waals surface area contributed by atoms with E-state index in [-0.39, 0.29) is 18.4 Å². The lowest BCUT2D eigenvalue weighted by molar-refractivity contribution is 0.151. The van der Waals surface area contributed by atoms with E-state index in [1.165, 1.54) is 6.33 Å². The highest BCUT2D eigenvalue weighted by Crippen LogP contribution is 2.42. The summed E-state index contributed by atoms with van der Waals surface area (Å²) in [7, 11) is -3.90. The van der Waals surface area contributed by atoms with Crippen LogP contribution in [-0.4, -0.2) is 37.4 Å². The van der Waals surface area contributed by atoms with Crippen LogP contribution in [0.1, 0.15) is 0 Å². The third-order valence-electron chi connectivity index (χ3n) is 3.23. The van der Waals surface area contributed by atoms with Gasteiger partial charge in [-0.1, -0.05) is 18.2 Å². The topological polar surface area (TPSA) is 151 Å². The molecule has 0 aliphatic rings. The Morgan fingerprint density at radius 3 is 2.72 bits per heavy atom. The Morgan fingerprint density at radius 2 is 1.96 bits per heavy atom. The van der Waals surface area contributed by atoms with Crippen LogP contribution in [0.2, 0.25) is 0 Å². The molecule has 0 fully saturated rings. The van der Waals surface area contributed by atoms with Gasteiger partial charge in [0.05, 0.1) is 12.9 Å². The van der Waals surface area contributed by atoms with Crippen LogP contribution < -0.4 is 16.0 Å². The molecule has 3 rings (SSSR count). The number of imidazole rings is 1. The van der Waals surface area contributed by atoms with Gasteiger partial charge >= 0.3 is 7.60 Å². The molecule has 11 heteroatoms. The average Bonchev–Trinajstić information content (AvgIpc) is 2.95. The molecule has 1 aromatic carbocycles. The van der Waals surface area contributed by atoms with Gasteiger partial charge in [-0.05, 0) is 12.1 Å². The Bertz CT molecular complexity index is 916. The SMILES string of the molecule is Nc1nc(N)c2ncn(CCOCP(=O)(O)Oc3ccccc3)c2n1. The Kier molecular flexibility index (Phi) is 4.84. The molecule has 0 saturated carbocycles. The molecule has 1 atom stereocenters. The lowest BCUT2D eigenvalue weighted by Crippen LogP contribution is -2.09. The fourth-order valence-electron chi connectivity index (χ4n) is 2.16. The number of anilines is 2. The van der Waals surface area contributed by atoms with Crippen LogP contribution in [0.25, 0.3) is 11.2 Å². The van der Waals surface area contributed by atoms with Gasteiger partial charge in [0.15, 0.2) is 17.8 Å². The minimum Gasteiger partial charge on any atom is -0.423 e. The third-order valence-corrected chi connectivity index (χ3v) is 4.24. The van der Waals surface area contributed by atoms with Crippen molar-refractivity contribution < 1.29 is 18.7 Å². The van der Waals surface area contributed by atoms with Crippen LogP contribution in [0.3, 0.4) is 0 Å². The van der Waals surface area contributed by atoms with Crippen LogP contribution in [0, 0.1) is 0 Å². The normalized spacial score (nSPS) is 13.6. The van der Waals surface area contributed by atoms with Crippen molar-refractivity contribution in [3.63, 3.8) is 0 Å². The Labute approximate surface area is 143 Å². The second-order valence-corrected chi connectivity index (χ2v) is 6.87. The highest BCUT2D eigenvalue weighted by atomic mass is 31.2. The molecule has 0 spiro atoms. The summed E-state index contributed by atoms with van der Waals surface area (Å²) in [4.78, 5) is 21.8. The molecule has 5 N–H and O–H groups in total. The van der Waals surface area contributed by atoms with E-state index < -0.39 is 13.9 Å². The number of hydrogen-bond acceptors (Lipinski definition) is 8. The minimum absolute atomic E-state index is 0.0452. The molecule has 0 bridgehead atoms. The number of nitrogens with zero attached hydrogens (tertiary/aromatic N) is 4. The maximum atomic E-state index is 12.0. The monoisotopic (exact) mass is 364 g/mol. The quantitative estimate of drug-likeness (QED) is 0.415. The lowest BCUT2D eigenvalue weighted by Gasteiger charge is -2.13. The summed E-state index contributed by atoms with van der Waals surface area (Å²) in [6.45, 7) is 0.496. The van der Waals surface area contributed by atoms with Gasteiger partial charge in [0.2, 0.25) is 5.95 Å². The molecule has 0 radical (unpaired) electrons. The first-order valence-electron chi connectivity index (χ1n) is 7.33. The zero-order valence-corrected chi connectivity index (χ0v) is 14.0. The maximum absolute atomic E-state index is 12.0. The average molecular weight is 364 g/mol. The van der Waals surface area contributed by atoms with Crippen LogP contribution in [0.5, 0.6) is 5.75 Å². The van der Waals surface area contributed by atoms with Gasteiger partial charge in [-0.15, -0.1) is 0 Å². The minimum atomic E-state index is -3.90. The molecule has 3 aromatic rings. The van der Waals surface area contributed by atoms with Gasteiger partial charge in [-0.2, -0.15) is 9.97 Å². The number of hydrogen-bond donors (Lipinski definition) is 3. The molecule has 10 nitrogen and oxygen atoms in total. The van der Waals surface area contributed by atoms with Crippen LogP contribution in [0.4, 0.5) is 11.8 Å². The standard InChI is InChI=1S/C14H17N6O4P/c15-12-11-13(19-14(16)18-12)20(8-17-11)6-7-23-9-25(21,22)24-10-4-2-1-3-5-10/h1-5,8H,6-7,9H2,(H,21,22)(H4,15,16,18,19). The number of benzene rings is 1. The van der Waals surface area contributed by atoms with Crippen molar-refractivity contribution in [2.24, 2.45) is 0 Å². The van der Waals surface area contributed by atoms with Crippen LogP contribution in [0.15, 0.2) is 36.7 Å². The fourth-order valence-corrected chi connectivity index (χ4v) is 3.03. The van der Waals surface area contributed by atoms with Crippen molar-refractivity contribution in [2.75, 3.05) is 24.4 Å². The van der Waals surface area contributed by atoms with E-state index in [2.05, 4.69) is 15.0 Å². The van der Waals surface area contributed by atoms with Crippen molar-refractivity contribution >= 4 is 30.5 Å².